The van der Waals surface area contributed by atoms with Gasteiger partial charge in [0.2, 0.25) is 5.91 Å². The number of carbonyl (C=O) groups is 2. The molecule has 1 aliphatic heterocycles. The number of carboxylic acid groups (broad SMARTS) is 1. The van der Waals surface area contributed by atoms with Crippen molar-refractivity contribution in [3.63, 3.8) is 0 Å². The first kappa shape index (κ1) is 16.8. The van der Waals surface area contributed by atoms with Gasteiger partial charge in [0.1, 0.15) is 12.4 Å². The van der Waals surface area contributed by atoms with Gasteiger partial charge in [-0.25, -0.2) is 9.78 Å². The Labute approximate surface area is 143 Å². The van der Waals surface area contributed by atoms with Crippen molar-refractivity contribution < 1.29 is 19.4 Å². The van der Waals surface area contributed by atoms with Gasteiger partial charge in [0, 0.05) is 6.54 Å². The van der Waals surface area contributed by atoms with Crippen LogP contribution in [0.3, 0.4) is 0 Å². The fraction of sp³-hybridized carbons (Fsp3) is 0.438. The third kappa shape index (κ3) is 3.25. The average Bonchev–Trinajstić information content (AvgIpc) is 2.93. The van der Waals surface area contributed by atoms with Gasteiger partial charge in [0.15, 0.2) is 6.04 Å². The molecule has 0 aliphatic carbocycles. The zero-order valence-corrected chi connectivity index (χ0v) is 14.2. The normalized spacial score (nSPS) is 18.0. The van der Waals surface area contributed by atoms with Gasteiger partial charge in [0.25, 0.3) is 0 Å². The molecule has 1 saturated heterocycles. The number of ether oxygens (including phenoxy) is 1. The fourth-order valence-corrected chi connectivity index (χ4v) is 3.35. The molecular weight excluding hydrogens is 330 g/mol. The zero-order chi connectivity index (χ0) is 17.1. The van der Waals surface area contributed by atoms with Gasteiger partial charge in [0.05, 0.1) is 30.0 Å². The van der Waals surface area contributed by atoms with Gasteiger partial charge in [-0.15, -0.1) is 0 Å². The van der Waals surface area contributed by atoms with Crippen molar-refractivity contribution in [3.05, 3.63) is 30.1 Å². The number of carbonyl (C=O) groups excluding carboxylic acids is 1. The van der Waals surface area contributed by atoms with E-state index in [9.17, 15) is 14.7 Å². The highest BCUT2D eigenvalue weighted by Gasteiger charge is 2.33. The second-order valence-electron chi connectivity index (χ2n) is 5.55. The predicted octanol–water partition coefficient (Wildman–Crippen LogP) is 1.21. The zero-order valence-electron chi connectivity index (χ0n) is 13.3. The van der Waals surface area contributed by atoms with Crippen LogP contribution in [-0.2, 0) is 26.6 Å². The van der Waals surface area contributed by atoms with Crippen LogP contribution in [0.25, 0.3) is 11.0 Å². The first-order valence-corrected chi connectivity index (χ1v) is 9.04. The number of aromatic nitrogens is 2. The summed E-state index contributed by atoms with van der Waals surface area (Å²) in [5, 5.41) is 9.30. The van der Waals surface area contributed by atoms with Gasteiger partial charge < -0.3 is 19.3 Å². The molecule has 7 nitrogen and oxygen atoms in total. The number of amides is 1. The van der Waals surface area contributed by atoms with Crippen molar-refractivity contribution >= 4 is 34.7 Å². The Morgan fingerprint density at radius 2 is 2.21 bits per heavy atom. The third-order valence-electron chi connectivity index (χ3n) is 4.03. The molecule has 0 spiro atoms. The van der Waals surface area contributed by atoms with E-state index in [-0.39, 0.29) is 19.1 Å². The lowest BCUT2D eigenvalue weighted by molar-refractivity contribution is -0.158. The molecule has 1 fully saturated rings. The number of fused-ring (bicyclic) bond motifs is 1. The molecule has 1 aliphatic rings. The predicted molar refractivity (Wildman–Crippen MR) is 90.9 cm³/mol. The van der Waals surface area contributed by atoms with E-state index in [0.29, 0.717) is 18.9 Å². The summed E-state index contributed by atoms with van der Waals surface area (Å²) in [6.45, 7) is 0.766. The number of hydrogen-bond donors (Lipinski definition) is 1. The minimum Gasteiger partial charge on any atom is -0.480 e. The number of hydrogen-bond acceptors (Lipinski definition) is 5. The van der Waals surface area contributed by atoms with Crippen LogP contribution < -0.4 is 0 Å². The highest BCUT2D eigenvalue weighted by Crippen LogP contribution is 2.20. The topological polar surface area (TPSA) is 84.7 Å². The molecule has 0 saturated carbocycles. The number of rotatable bonds is 5. The molecular formula is C16H19N3O4S. The monoisotopic (exact) mass is 349 g/mol. The molecule has 1 amide bonds. The maximum absolute atomic E-state index is 12.7. The summed E-state index contributed by atoms with van der Waals surface area (Å²) < 4.78 is 7.07. The Balaban J connectivity index is 1.89. The molecule has 0 unspecified atom stereocenters. The molecule has 1 aromatic carbocycles. The van der Waals surface area contributed by atoms with Gasteiger partial charge in [-0.1, -0.05) is 12.1 Å². The number of nitrogens with zero attached hydrogens (tertiary/aromatic N) is 3. The lowest BCUT2D eigenvalue weighted by Crippen LogP contribution is -2.53. The highest BCUT2D eigenvalue weighted by molar-refractivity contribution is 7.97. The van der Waals surface area contributed by atoms with E-state index in [4.69, 9.17) is 4.74 Å². The molecule has 128 valence electrons. The number of imidazole rings is 1. The largest absolute Gasteiger partial charge is 0.480 e. The molecule has 24 heavy (non-hydrogen) atoms. The van der Waals surface area contributed by atoms with Gasteiger partial charge in [-0.3, -0.25) is 4.79 Å². The summed E-state index contributed by atoms with van der Waals surface area (Å²) in [6.07, 6.45) is 1.98. The van der Waals surface area contributed by atoms with Crippen LogP contribution in [0.1, 0.15) is 5.82 Å². The smallest absolute Gasteiger partial charge is 0.328 e. The minimum absolute atomic E-state index is 0.0312. The number of benzene rings is 1. The summed E-state index contributed by atoms with van der Waals surface area (Å²) >= 11 is 1.63. The van der Waals surface area contributed by atoms with Crippen molar-refractivity contribution in [2.45, 2.75) is 18.3 Å². The molecule has 1 atom stereocenters. The van der Waals surface area contributed by atoms with Crippen molar-refractivity contribution in [2.75, 3.05) is 26.0 Å². The number of carboxylic acids is 1. The van der Waals surface area contributed by atoms with Crippen LogP contribution >= 0.6 is 11.8 Å². The van der Waals surface area contributed by atoms with E-state index in [1.807, 2.05) is 35.1 Å². The van der Waals surface area contributed by atoms with E-state index in [1.54, 1.807) is 11.8 Å². The Morgan fingerprint density at radius 3 is 2.96 bits per heavy atom. The van der Waals surface area contributed by atoms with Gasteiger partial charge >= 0.3 is 5.97 Å². The van der Waals surface area contributed by atoms with E-state index < -0.39 is 12.0 Å². The van der Waals surface area contributed by atoms with Crippen molar-refractivity contribution in [1.29, 1.82) is 0 Å². The Bertz CT molecular complexity index is 761. The summed E-state index contributed by atoms with van der Waals surface area (Å²) in [4.78, 5) is 30.1. The van der Waals surface area contributed by atoms with E-state index >= 15 is 0 Å². The van der Waals surface area contributed by atoms with Crippen LogP contribution in [0.2, 0.25) is 0 Å². The molecule has 0 bridgehead atoms. The van der Waals surface area contributed by atoms with Gasteiger partial charge in [-0.05, 0) is 18.4 Å². The number of para-hydroxylation sites is 2. The summed E-state index contributed by atoms with van der Waals surface area (Å²) in [7, 11) is 0. The van der Waals surface area contributed by atoms with Gasteiger partial charge in [-0.2, -0.15) is 11.8 Å². The van der Waals surface area contributed by atoms with Crippen molar-refractivity contribution in [1.82, 2.24) is 14.5 Å². The first-order valence-electron chi connectivity index (χ1n) is 7.65. The molecule has 1 N–H and O–H groups in total. The summed E-state index contributed by atoms with van der Waals surface area (Å²) in [6, 6.07) is 6.72. The van der Waals surface area contributed by atoms with Crippen molar-refractivity contribution in [2.24, 2.45) is 0 Å². The molecule has 2 heterocycles. The lowest BCUT2D eigenvalue weighted by atomic mass is 10.2. The third-order valence-corrected chi connectivity index (χ3v) is 4.58. The molecule has 0 radical (unpaired) electrons. The fourth-order valence-electron chi connectivity index (χ4n) is 2.87. The first-order chi connectivity index (χ1) is 11.6. The van der Waals surface area contributed by atoms with E-state index in [0.717, 1.165) is 16.9 Å². The second kappa shape index (κ2) is 7.23. The van der Waals surface area contributed by atoms with Crippen LogP contribution in [0, 0.1) is 0 Å². The standard InChI is InChI=1S/C16H19N3O4S/c1-24-10-14-17-11-4-2-3-5-12(11)19(14)8-15(20)18-6-7-23-9-13(18)16(21)22/h2-5,13H,6-10H2,1H3,(H,21,22)/t13-/m1/s1. The van der Waals surface area contributed by atoms with E-state index in [1.165, 1.54) is 4.90 Å². The summed E-state index contributed by atoms with van der Waals surface area (Å²) in [5.74, 6) is 0.240. The molecule has 1 aromatic heterocycles. The quantitative estimate of drug-likeness (QED) is 0.873. The minimum atomic E-state index is -1.04. The molecule has 8 heteroatoms. The Morgan fingerprint density at radius 1 is 1.42 bits per heavy atom. The molecule has 3 rings (SSSR count). The lowest BCUT2D eigenvalue weighted by Gasteiger charge is -2.33. The van der Waals surface area contributed by atoms with Crippen LogP contribution in [0.15, 0.2) is 24.3 Å². The Kier molecular flexibility index (Phi) is 5.06. The Hall–Kier alpha value is -2.06. The molecule has 2 aromatic rings. The SMILES string of the molecule is CSCc1nc2ccccc2n1CC(=O)N1CCOC[C@@H]1C(=O)O. The number of morpholine rings is 1. The summed E-state index contributed by atoms with van der Waals surface area (Å²) in [5.41, 5.74) is 1.72. The van der Waals surface area contributed by atoms with Crippen LogP contribution in [0.4, 0.5) is 0 Å². The van der Waals surface area contributed by atoms with Crippen LogP contribution in [-0.4, -0.2) is 63.5 Å². The number of thioether (sulfide) groups is 1. The van der Waals surface area contributed by atoms with Crippen molar-refractivity contribution in [3.8, 4) is 0 Å². The maximum Gasteiger partial charge on any atom is 0.328 e. The van der Waals surface area contributed by atoms with Crippen LogP contribution in [0.5, 0.6) is 0 Å². The second-order valence-corrected chi connectivity index (χ2v) is 6.42. The maximum atomic E-state index is 12.7. The average molecular weight is 349 g/mol. The number of aliphatic carboxylic acids is 1. The highest BCUT2D eigenvalue weighted by atomic mass is 32.2. The van der Waals surface area contributed by atoms with E-state index in [2.05, 4.69) is 4.98 Å².